The van der Waals surface area contributed by atoms with Crippen LogP contribution in [0, 0.1) is 17.8 Å². The van der Waals surface area contributed by atoms with Crippen molar-refractivity contribution in [3.05, 3.63) is 70.8 Å². The van der Waals surface area contributed by atoms with Crippen molar-refractivity contribution < 1.29 is 4.79 Å². The third-order valence-electron chi connectivity index (χ3n) is 7.26. The maximum atomic E-state index is 12.8. The number of nitrogens with one attached hydrogen (secondary N) is 1. The van der Waals surface area contributed by atoms with Crippen molar-refractivity contribution in [2.24, 2.45) is 23.5 Å². The lowest BCUT2D eigenvalue weighted by atomic mass is 9.59. The van der Waals surface area contributed by atoms with E-state index in [2.05, 4.69) is 53.8 Å². The highest BCUT2D eigenvalue weighted by atomic mass is 16.1. The summed E-state index contributed by atoms with van der Waals surface area (Å²) in [7, 11) is 0. The highest BCUT2D eigenvalue weighted by Crippen LogP contribution is 2.55. The predicted molar refractivity (Wildman–Crippen MR) is 108 cm³/mol. The first-order valence-electron chi connectivity index (χ1n) is 10.4. The quantitative estimate of drug-likeness (QED) is 0.872. The second kappa shape index (κ2) is 6.79. The number of hydrogen-bond acceptors (Lipinski definition) is 2. The molecule has 0 aliphatic heterocycles. The van der Waals surface area contributed by atoms with Gasteiger partial charge in [0.05, 0.1) is 0 Å². The zero-order valence-electron chi connectivity index (χ0n) is 15.7. The van der Waals surface area contributed by atoms with Crippen LogP contribution >= 0.6 is 0 Å². The Hall–Kier alpha value is -2.13. The molecule has 0 radical (unpaired) electrons. The van der Waals surface area contributed by atoms with Gasteiger partial charge in [-0.3, -0.25) is 4.79 Å². The van der Waals surface area contributed by atoms with Crippen LogP contribution in [0.1, 0.15) is 59.8 Å². The molecule has 2 bridgehead atoms. The van der Waals surface area contributed by atoms with Gasteiger partial charge in [-0.1, -0.05) is 55.0 Å². The fraction of sp³-hybridized carbons (Fsp3) is 0.458. The normalized spacial score (nSPS) is 30.6. The van der Waals surface area contributed by atoms with E-state index in [0.29, 0.717) is 30.2 Å². The summed E-state index contributed by atoms with van der Waals surface area (Å²) in [6, 6.07) is 17.8. The molecule has 3 N–H and O–H groups in total. The molecule has 4 aliphatic rings. The zero-order chi connectivity index (χ0) is 18.4. The van der Waals surface area contributed by atoms with E-state index >= 15 is 0 Å². The van der Waals surface area contributed by atoms with E-state index in [4.69, 9.17) is 5.73 Å². The molecule has 1 amide bonds. The molecule has 0 aromatic heterocycles. The van der Waals surface area contributed by atoms with Crippen molar-refractivity contribution in [1.82, 2.24) is 5.32 Å². The Bertz CT molecular complexity index is 813. The molecule has 6 rings (SSSR count). The molecule has 3 atom stereocenters. The van der Waals surface area contributed by atoms with Gasteiger partial charge in [0.1, 0.15) is 0 Å². The highest BCUT2D eigenvalue weighted by Gasteiger charge is 2.43. The van der Waals surface area contributed by atoms with Crippen molar-refractivity contribution in [2.45, 2.75) is 37.5 Å². The number of carbonyl (C=O) groups is 1. The second-order valence-corrected chi connectivity index (χ2v) is 8.56. The standard InChI is InChI=1S/C24H28N2O/c25-13-15-6-5-11-17(15)24(27)26-14-16-12-22-18-7-1-3-9-20(18)23(16)21-10-4-2-8-19(21)22/h1-4,7-10,15-17,22-23H,5-6,11-14,25H2,(H,26,27)/t15-,16?,17-,22?,23?/m1/s1. The number of carbonyl (C=O) groups excluding carboxylic acids is 1. The first-order valence-corrected chi connectivity index (χ1v) is 10.4. The number of hydrogen-bond donors (Lipinski definition) is 2. The van der Waals surface area contributed by atoms with Gasteiger partial charge in [-0.05, 0) is 59.9 Å². The van der Waals surface area contributed by atoms with Crippen LogP contribution in [-0.2, 0) is 4.79 Å². The Morgan fingerprint density at radius 3 is 2.19 bits per heavy atom. The zero-order valence-corrected chi connectivity index (χ0v) is 15.7. The highest BCUT2D eigenvalue weighted by molar-refractivity contribution is 5.79. The number of amides is 1. The van der Waals surface area contributed by atoms with E-state index in [-0.39, 0.29) is 11.8 Å². The number of benzene rings is 2. The van der Waals surface area contributed by atoms with E-state index in [1.807, 2.05) is 0 Å². The molecule has 0 spiro atoms. The van der Waals surface area contributed by atoms with E-state index in [1.165, 1.54) is 22.3 Å². The summed E-state index contributed by atoms with van der Waals surface area (Å²) in [5, 5.41) is 3.31. The summed E-state index contributed by atoms with van der Waals surface area (Å²) in [4.78, 5) is 12.8. The number of fused-ring (bicyclic) bond motifs is 1. The topological polar surface area (TPSA) is 55.1 Å². The van der Waals surface area contributed by atoms with Gasteiger partial charge in [-0.25, -0.2) is 0 Å². The molecule has 2 aromatic rings. The summed E-state index contributed by atoms with van der Waals surface area (Å²) < 4.78 is 0. The molecule has 1 saturated carbocycles. The minimum atomic E-state index is 0.121. The Kier molecular flexibility index (Phi) is 4.28. The lowest BCUT2D eigenvalue weighted by Gasteiger charge is -2.45. The Labute approximate surface area is 161 Å². The first-order chi connectivity index (χ1) is 13.3. The SMILES string of the molecule is NC[C@H]1CCC[C@H]1C(=O)NCC1CC2c3ccccc3C1c1ccccc12. The first kappa shape index (κ1) is 17.0. The third kappa shape index (κ3) is 2.71. The lowest BCUT2D eigenvalue weighted by molar-refractivity contribution is -0.126. The van der Waals surface area contributed by atoms with E-state index in [0.717, 1.165) is 32.2 Å². The maximum Gasteiger partial charge on any atom is 0.223 e. The van der Waals surface area contributed by atoms with E-state index in [1.54, 1.807) is 0 Å². The fourth-order valence-electron chi connectivity index (χ4n) is 5.99. The molecule has 27 heavy (non-hydrogen) atoms. The summed E-state index contributed by atoms with van der Waals surface area (Å²) in [6.45, 7) is 1.41. The van der Waals surface area contributed by atoms with Crippen molar-refractivity contribution >= 4 is 5.91 Å². The molecule has 1 fully saturated rings. The van der Waals surface area contributed by atoms with Gasteiger partial charge in [0.15, 0.2) is 0 Å². The Morgan fingerprint density at radius 1 is 0.926 bits per heavy atom. The molecule has 1 unspecified atom stereocenters. The Balaban J connectivity index is 1.39. The smallest absolute Gasteiger partial charge is 0.223 e. The molecule has 0 heterocycles. The van der Waals surface area contributed by atoms with Gasteiger partial charge >= 0.3 is 0 Å². The summed E-state index contributed by atoms with van der Waals surface area (Å²) in [6.07, 6.45) is 4.36. The van der Waals surface area contributed by atoms with Crippen LogP contribution in [0.15, 0.2) is 48.5 Å². The molecule has 2 aromatic carbocycles. The summed E-state index contributed by atoms with van der Waals surface area (Å²) in [5.74, 6) is 2.06. The van der Waals surface area contributed by atoms with Crippen molar-refractivity contribution in [2.75, 3.05) is 13.1 Å². The maximum absolute atomic E-state index is 12.8. The van der Waals surface area contributed by atoms with Gasteiger partial charge in [0.25, 0.3) is 0 Å². The number of rotatable bonds is 4. The lowest BCUT2D eigenvalue weighted by Crippen LogP contribution is -2.42. The van der Waals surface area contributed by atoms with Crippen LogP contribution in [0.2, 0.25) is 0 Å². The average Bonchev–Trinajstić information content (AvgIpc) is 3.21. The summed E-state index contributed by atoms with van der Waals surface area (Å²) in [5.41, 5.74) is 11.8. The van der Waals surface area contributed by atoms with Crippen LogP contribution in [0.25, 0.3) is 0 Å². The number of nitrogens with two attached hydrogens (primary N) is 1. The third-order valence-corrected chi connectivity index (χ3v) is 7.26. The molecular weight excluding hydrogens is 332 g/mol. The molecular formula is C24H28N2O. The molecule has 140 valence electrons. The van der Waals surface area contributed by atoms with Gasteiger partial charge in [-0.15, -0.1) is 0 Å². The van der Waals surface area contributed by atoms with E-state index in [9.17, 15) is 4.79 Å². The Morgan fingerprint density at radius 2 is 1.56 bits per heavy atom. The van der Waals surface area contributed by atoms with E-state index < -0.39 is 0 Å². The predicted octanol–water partition coefficient (Wildman–Crippen LogP) is 3.77. The van der Waals surface area contributed by atoms with Crippen molar-refractivity contribution in [3.63, 3.8) is 0 Å². The largest absolute Gasteiger partial charge is 0.356 e. The van der Waals surface area contributed by atoms with Gasteiger partial charge in [0, 0.05) is 24.3 Å². The molecule has 3 heteroatoms. The minimum absolute atomic E-state index is 0.121. The van der Waals surface area contributed by atoms with Crippen LogP contribution in [0.3, 0.4) is 0 Å². The van der Waals surface area contributed by atoms with Gasteiger partial charge < -0.3 is 11.1 Å². The fourth-order valence-corrected chi connectivity index (χ4v) is 5.99. The van der Waals surface area contributed by atoms with Crippen LogP contribution < -0.4 is 11.1 Å². The van der Waals surface area contributed by atoms with Crippen molar-refractivity contribution in [1.29, 1.82) is 0 Å². The molecule has 4 aliphatic carbocycles. The summed E-state index contributed by atoms with van der Waals surface area (Å²) >= 11 is 0. The van der Waals surface area contributed by atoms with Gasteiger partial charge in [0.2, 0.25) is 5.91 Å². The second-order valence-electron chi connectivity index (χ2n) is 8.56. The molecule has 3 nitrogen and oxygen atoms in total. The van der Waals surface area contributed by atoms with Gasteiger partial charge in [-0.2, -0.15) is 0 Å². The monoisotopic (exact) mass is 360 g/mol. The van der Waals surface area contributed by atoms with Crippen LogP contribution in [0.4, 0.5) is 0 Å². The van der Waals surface area contributed by atoms with Crippen LogP contribution in [0.5, 0.6) is 0 Å². The van der Waals surface area contributed by atoms with Crippen LogP contribution in [-0.4, -0.2) is 19.0 Å². The average molecular weight is 361 g/mol. The minimum Gasteiger partial charge on any atom is -0.356 e. The van der Waals surface area contributed by atoms with Crippen molar-refractivity contribution in [3.8, 4) is 0 Å². The molecule has 0 saturated heterocycles.